The Labute approximate surface area is 159 Å². The van der Waals surface area contributed by atoms with Crippen LogP contribution >= 0.6 is 0 Å². The van der Waals surface area contributed by atoms with E-state index in [1.54, 1.807) is 26.2 Å². The number of benzene rings is 2. The van der Waals surface area contributed by atoms with Crippen LogP contribution in [0.15, 0.2) is 36.4 Å². The van der Waals surface area contributed by atoms with Crippen molar-refractivity contribution in [2.24, 2.45) is 0 Å². The summed E-state index contributed by atoms with van der Waals surface area (Å²) in [5, 5.41) is 20.8. The van der Waals surface area contributed by atoms with E-state index < -0.39 is 12.2 Å². The third kappa shape index (κ3) is 4.65. The lowest BCUT2D eigenvalue weighted by Gasteiger charge is -2.23. The molecule has 0 spiro atoms. The Kier molecular flexibility index (Phi) is 6.96. The van der Waals surface area contributed by atoms with E-state index in [0.29, 0.717) is 22.8 Å². The van der Waals surface area contributed by atoms with E-state index in [-0.39, 0.29) is 11.5 Å². The average Bonchev–Trinajstić information content (AvgIpc) is 2.67. The maximum atomic E-state index is 10.7. The zero-order valence-electron chi connectivity index (χ0n) is 16.2. The number of allylic oxidation sites excluding steroid dienone is 1. The van der Waals surface area contributed by atoms with Gasteiger partial charge < -0.3 is 29.2 Å². The SMILES string of the molecule is C/C=C/c1ccc(O[C@@H](C)[C@@H](O)c2cc(O)c(OC)c(OC)c2)c(OC)c1. The van der Waals surface area contributed by atoms with E-state index in [0.717, 1.165) is 5.56 Å². The van der Waals surface area contributed by atoms with Gasteiger partial charge in [-0.3, -0.25) is 0 Å². The number of aliphatic hydroxyl groups is 1. The average molecular weight is 374 g/mol. The molecule has 0 fully saturated rings. The molecule has 0 unspecified atom stereocenters. The highest BCUT2D eigenvalue weighted by Crippen LogP contribution is 2.40. The van der Waals surface area contributed by atoms with Gasteiger partial charge in [0, 0.05) is 0 Å². The second kappa shape index (κ2) is 9.19. The molecule has 0 bridgehead atoms. The van der Waals surface area contributed by atoms with Crippen molar-refractivity contribution in [3.8, 4) is 28.7 Å². The van der Waals surface area contributed by atoms with E-state index in [1.807, 2.05) is 31.2 Å². The van der Waals surface area contributed by atoms with Crippen LogP contribution in [0.2, 0.25) is 0 Å². The number of rotatable bonds is 8. The quantitative estimate of drug-likeness (QED) is 0.728. The van der Waals surface area contributed by atoms with Gasteiger partial charge in [0.05, 0.1) is 21.3 Å². The molecular formula is C21H26O6. The first kappa shape index (κ1) is 20.5. The van der Waals surface area contributed by atoms with Crippen molar-refractivity contribution < 1.29 is 29.2 Å². The number of phenols is 1. The molecule has 146 valence electrons. The van der Waals surface area contributed by atoms with Crippen LogP contribution in [0.5, 0.6) is 28.7 Å². The molecular weight excluding hydrogens is 348 g/mol. The maximum Gasteiger partial charge on any atom is 0.203 e. The molecule has 0 amide bonds. The van der Waals surface area contributed by atoms with Gasteiger partial charge in [0.15, 0.2) is 23.0 Å². The molecule has 6 heteroatoms. The summed E-state index contributed by atoms with van der Waals surface area (Å²) in [5.41, 5.74) is 1.43. The van der Waals surface area contributed by atoms with E-state index in [4.69, 9.17) is 18.9 Å². The summed E-state index contributed by atoms with van der Waals surface area (Å²) in [6, 6.07) is 8.59. The van der Waals surface area contributed by atoms with Crippen LogP contribution in [-0.2, 0) is 0 Å². The predicted molar refractivity (Wildman–Crippen MR) is 104 cm³/mol. The van der Waals surface area contributed by atoms with Crippen LogP contribution < -0.4 is 18.9 Å². The van der Waals surface area contributed by atoms with E-state index in [9.17, 15) is 10.2 Å². The third-order valence-electron chi connectivity index (χ3n) is 4.13. The molecule has 2 aromatic rings. The first-order valence-electron chi connectivity index (χ1n) is 8.55. The monoisotopic (exact) mass is 374 g/mol. The van der Waals surface area contributed by atoms with Crippen LogP contribution in [-0.4, -0.2) is 37.6 Å². The molecule has 0 heterocycles. The summed E-state index contributed by atoms with van der Waals surface area (Å²) in [6.45, 7) is 3.67. The minimum absolute atomic E-state index is 0.119. The van der Waals surface area contributed by atoms with Gasteiger partial charge in [-0.05, 0) is 49.2 Å². The van der Waals surface area contributed by atoms with E-state index in [1.165, 1.54) is 20.3 Å². The van der Waals surface area contributed by atoms with Crippen LogP contribution in [0.1, 0.15) is 31.1 Å². The van der Waals surface area contributed by atoms with Crippen molar-refractivity contribution in [3.63, 3.8) is 0 Å². The standard InChI is InChI=1S/C21H26O6/c1-6-7-14-8-9-17(18(10-14)24-3)27-13(2)20(23)15-11-16(22)21(26-5)19(12-15)25-4/h6-13,20,22-23H,1-5H3/b7-6+/t13-,20+/m0/s1. The fourth-order valence-electron chi connectivity index (χ4n) is 2.75. The molecule has 2 rings (SSSR count). The van der Waals surface area contributed by atoms with Crippen molar-refractivity contribution in [1.29, 1.82) is 0 Å². The van der Waals surface area contributed by atoms with Crippen LogP contribution in [0.4, 0.5) is 0 Å². The number of aromatic hydroxyl groups is 1. The van der Waals surface area contributed by atoms with Crippen molar-refractivity contribution >= 4 is 6.08 Å². The molecule has 0 aliphatic rings. The predicted octanol–water partition coefficient (Wildman–Crippen LogP) is 3.95. The Morgan fingerprint density at radius 3 is 2.22 bits per heavy atom. The number of phenolic OH excluding ortho intramolecular Hbond substituents is 1. The molecule has 6 nitrogen and oxygen atoms in total. The lowest BCUT2D eigenvalue weighted by Crippen LogP contribution is -2.22. The van der Waals surface area contributed by atoms with E-state index >= 15 is 0 Å². The second-order valence-corrected chi connectivity index (χ2v) is 5.95. The first-order valence-corrected chi connectivity index (χ1v) is 8.55. The summed E-state index contributed by atoms with van der Waals surface area (Å²) >= 11 is 0. The first-order chi connectivity index (χ1) is 12.9. The van der Waals surface area contributed by atoms with Gasteiger partial charge in [-0.2, -0.15) is 0 Å². The summed E-state index contributed by atoms with van der Waals surface area (Å²) in [7, 11) is 4.46. The molecule has 0 aromatic heterocycles. The Hall–Kier alpha value is -2.86. The van der Waals surface area contributed by atoms with Gasteiger partial charge in [0.2, 0.25) is 5.75 Å². The number of hydrogen-bond acceptors (Lipinski definition) is 6. The van der Waals surface area contributed by atoms with Gasteiger partial charge in [0.1, 0.15) is 12.2 Å². The molecule has 27 heavy (non-hydrogen) atoms. The fraction of sp³-hybridized carbons (Fsp3) is 0.333. The second-order valence-electron chi connectivity index (χ2n) is 5.95. The topological polar surface area (TPSA) is 77.4 Å². The molecule has 0 radical (unpaired) electrons. The number of hydrogen-bond donors (Lipinski definition) is 2. The maximum absolute atomic E-state index is 10.7. The molecule has 0 aliphatic heterocycles. The minimum atomic E-state index is -1.00. The lowest BCUT2D eigenvalue weighted by atomic mass is 10.0. The highest BCUT2D eigenvalue weighted by molar-refractivity contribution is 5.56. The third-order valence-corrected chi connectivity index (χ3v) is 4.13. The zero-order chi connectivity index (χ0) is 20.0. The molecule has 0 saturated carbocycles. The van der Waals surface area contributed by atoms with Crippen molar-refractivity contribution in [2.45, 2.75) is 26.1 Å². The molecule has 0 saturated heterocycles. The molecule has 2 atom stereocenters. The van der Waals surface area contributed by atoms with Crippen molar-refractivity contribution in [2.75, 3.05) is 21.3 Å². The number of ether oxygens (including phenoxy) is 4. The minimum Gasteiger partial charge on any atom is -0.504 e. The Morgan fingerprint density at radius 2 is 1.63 bits per heavy atom. The fourth-order valence-corrected chi connectivity index (χ4v) is 2.75. The lowest BCUT2D eigenvalue weighted by molar-refractivity contribution is 0.0448. The highest BCUT2D eigenvalue weighted by Gasteiger charge is 2.23. The summed E-state index contributed by atoms with van der Waals surface area (Å²) < 4.78 is 21.6. The van der Waals surface area contributed by atoms with E-state index in [2.05, 4.69) is 0 Å². The largest absolute Gasteiger partial charge is 0.504 e. The Morgan fingerprint density at radius 1 is 0.926 bits per heavy atom. The highest BCUT2D eigenvalue weighted by atomic mass is 16.5. The Bertz CT molecular complexity index is 799. The van der Waals surface area contributed by atoms with Gasteiger partial charge in [-0.1, -0.05) is 18.2 Å². The smallest absolute Gasteiger partial charge is 0.203 e. The van der Waals surface area contributed by atoms with Gasteiger partial charge in [-0.25, -0.2) is 0 Å². The summed E-state index contributed by atoms with van der Waals surface area (Å²) in [6.07, 6.45) is 2.28. The van der Waals surface area contributed by atoms with Crippen molar-refractivity contribution in [1.82, 2.24) is 0 Å². The normalized spacial score (nSPS) is 13.3. The van der Waals surface area contributed by atoms with Crippen LogP contribution in [0.3, 0.4) is 0 Å². The zero-order valence-corrected chi connectivity index (χ0v) is 16.2. The Balaban J connectivity index is 2.25. The van der Waals surface area contributed by atoms with Crippen LogP contribution in [0, 0.1) is 0 Å². The van der Waals surface area contributed by atoms with Crippen LogP contribution in [0.25, 0.3) is 6.08 Å². The summed E-state index contributed by atoms with van der Waals surface area (Å²) in [5.74, 6) is 1.50. The molecule has 2 aromatic carbocycles. The number of methoxy groups -OCH3 is 3. The van der Waals surface area contributed by atoms with Gasteiger partial charge in [0.25, 0.3) is 0 Å². The molecule has 0 aliphatic carbocycles. The molecule has 2 N–H and O–H groups in total. The van der Waals surface area contributed by atoms with Crippen molar-refractivity contribution in [3.05, 3.63) is 47.5 Å². The number of aliphatic hydroxyl groups excluding tert-OH is 1. The van der Waals surface area contributed by atoms with Gasteiger partial charge in [-0.15, -0.1) is 0 Å². The summed E-state index contributed by atoms with van der Waals surface area (Å²) in [4.78, 5) is 0. The van der Waals surface area contributed by atoms with Gasteiger partial charge >= 0.3 is 0 Å².